The summed E-state index contributed by atoms with van der Waals surface area (Å²) in [4.78, 5) is 22.1. The minimum atomic E-state index is -3.78. The van der Waals surface area contributed by atoms with E-state index >= 15 is 0 Å². The second-order valence-corrected chi connectivity index (χ2v) is 12.5. The summed E-state index contributed by atoms with van der Waals surface area (Å²) >= 11 is 0. The molecular formula is C32H37N5O6S. The van der Waals surface area contributed by atoms with E-state index in [9.17, 15) is 13.2 Å². The summed E-state index contributed by atoms with van der Waals surface area (Å²) in [6, 6.07) is 22.2. The highest BCUT2D eigenvalue weighted by molar-refractivity contribution is 7.91. The largest absolute Gasteiger partial charge is 0.494 e. The molecule has 2 N–H and O–H groups in total. The molecule has 0 bridgehead atoms. The average molecular weight is 620 g/mol. The van der Waals surface area contributed by atoms with Crippen LogP contribution in [0.2, 0.25) is 0 Å². The van der Waals surface area contributed by atoms with Gasteiger partial charge in [-0.2, -0.15) is 0 Å². The van der Waals surface area contributed by atoms with Crippen LogP contribution < -0.4 is 10.1 Å². The summed E-state index contributed by atoms with van der Waals surface area (Å²) in [5.41, 5.74) is 9.15. The van der Waals surface area contributed by atoms with Gasteiger partial charge in [-0.3, -0.25) is 4.79 Å². The van der Waals surface area contributed by atoms with E-state index in [1.165, 1.54) is 12.1 Å². The van der Waals surface area contributed by atoms with Crippen LogP contribution in [0.15, 0.2) is 93.9 Å². The van der Waals surface area contributed by atoms with E-state index in [1.807, 2.05) is 6.92 Å². The summed E-state index contributed by atoms with van der Waals surface area (Å²) in [5, 5.41) is 15.7. The van der Waals surface area contributed by atoms with Crippen LogP contribution in [-0.4, -0.2) is 56.4 Å². The van der Waals surface area contributed by atoms with Crippen molar-refractivity contribution >= 4 is 21.6 Å². The first-order valence-corrected chi connectivity index (χ1v) is 16.2. The number of hydrogen-bond acceptors (Lipinski definition) is 8. The number of aliphatic imine (C=N–C) groups is 1. The number of benzene rings is 3. The molecule has 1 heterocycles. The standard InChI is InChI=1S/C32H37N5O6S/c1-2-3-19-34-31(39)32(18-22-44(40,41)27-11-5-4-6-12-27)29(28-13-8-7-10-25(28)23-35-37-33)43-30(36-32)24-14-16-26(17-15-24)42-21-9-20-38/h4-8,10-17,29,38H,2-3,9,18-23H2,1H3,(H,34,39)/t29-,32-/m1/s1. The van der Waals surface area contributed by atoms with Gasteiger partial charge in [0.1, 0.15) is 5.75 Å². The number of ether oxygens (including phenoxy) is 2. The highest BCUT2D eigenvalue weighted by Gasteiger charge is 2.54. The predicted octanol–water partition coefficient (Wildman–Crippen LogP) is 5.30. The Bertz CT molecular complexity index is 1590. The van der Waals surface area contributed by atoms with Gasteiger partial charge >= 0.3 is 0 Å². The zero-order valence-electron chi connectivity index (χ0n) is 24.6. The molecule has 232 valence electrons. The maximum absolute atomic E-state index is 14.2. The second kappa shape index (κ2) is 15.4. The van der Waals surface area contributed by atoms with Crippen molar-refractivity contribution < 1.29 is 27.8 Å². The molecule has 12 heteroatoms. The molecule has 0 spiro atoms. The van der Waals surface area contributed by atoms with Gasteiger partial charge in [0.2, 0.25) is 5.90 Å². The Morgan fingerprint density at radius 3 is 2.52 bits per heavy atom. The first-order chi connectivity index (χ1) is 21.3. The van der Waals surface area contributed by atoms with Gasteiger partial charge < -0.3 is 19.9 Å². The molecule has 2 atom stereocenters. The van der Waals surface area contributed by atoms with Crippen LogP contribution in [0.1, 0.15) is 55.4 Å². The maximum Gasteiger partial charge on any atom is 0.252 e. The van der Waals surface area contributed by atoms with Crippen LogP contribution in [0.3, 0.4) is 0 Å². The molecule has 0 saturated carbocycles. The number of carbonyl (C=O) groups is 1. The van der Waals surface area contributed by atoms with Crippen molar-refractivity contribution in [3.05, 3.63) is 106 Å². The molecule has 1 aliphatic heterocycles. The highest BCUT2D eigenvalue weighted by Crippen LogP contribution is 2.44. The second-order valence-electron chi connectivity index (χ2n) is 10.4. The van der Waals surface area contributed by atoms with E-state index < -0.39 is 27.4 Å². The van der Waals surface area contributed by atoms with E-state index in [4.69, 9.17) is 25.1 Å². The van der Waals surface area contributed by atoms with Gasteiger partial charge in [0, 0.05) is 36.5 Å². The maximum atomic E-state index is 14.2. The number of amides is 1. The molecule has 0 radical (unpaired) electrons. The average Bonchev–Trinajstić information content (AvgIpc) is 3.45. The van der Waals surface area contributed by atoms with Crippen molar-refractivity contribution in [1.82, 2.24) is 5.32 Å². The lowest BCUT2D eigenvalue weighted by Gasteiger charge is -2.31. The number of carbonyl (C=O) groups excluding carboxylic acids is 1. The van der Waals surface area contributed by atoms with Crippen molar-refractivity contribution in [2.75, 3.05) is 25.5 Å². The van der Waals surface area contributed by atoms with Gasteiger partial charge in [-0.1, -0.05) is 60.9 Å². The molecular weight excluding hydrogens is 582 g/mol. The Labute approximate surface area is 257 Å². The summed E-state index contributed by atoms with van der Waals surface area (Å²) in [5.74, 6) is -0.0325. The highest BCUT2D eigenvalue weighted by atomic mass is 32.2. The number of aliphatic hydroxyl groups excluding tert-OH is 1. The van der Waals surface area contributed by atoms with Crippen LogP contribution in [0.4, 0.5) is 0 Å². The fourth-order valence-electron chi connectivity index (χ4n) is 4.96. The lowest BCUT2D eigenvalue weighted by atomic mass is 9.83. The molecule has 0 aliphatic carbocycles. The summed E-state index contributed by atoms with van der Waals surface area (Å²) in [6.07, 6.45) is 0.920. The van der Waals surface area contributed by atoms with Gasteiger partial charge in [0.25, 0.3) is 5.91 Å². The Morgan fingerprint density at radius 2 is 1.82 bits per heavy atom. The predicted molar refractivity (Wildman–Crippen MR) is 167 cm³/mol. The molecule has 11 nitrogen and oxygen atoms in total. The van der Waals surface area contributed by atoms with E-state index in [0.717, 1.165) is 12.8 Å². The summed E-state index contributed by atoms with van der Waals surface area (Å²) in [7, 11) is -3.78. The smallest absolute Gasteiger partial charge is 0.252 e. The molecule has 1 aliphatic rings. The molecule has 0 unspecified atom stereocenters. The number of aliphatic hydroxyl groups is 1. The third-order valence-corrected chi connectivity index (χ3v) is 9.07. The minimum absolute atomic E-state index is 0.0115. The zero-order valence-corrected chi connectivity index (χ0v) is 25.4. The number of azide groups is 1. The van der Waals surface area contributed by atoms with Crippen LogP contribution in [0.5, 0.6) is 5.75 Å². The molecule has 4 rings (SSSR count). The van der Waals surface area contributed by atoms with Crippen LogP contribution in [0.25, 0.3) is 10.4 Å². The number of nitrogens with one attached hydrogen (secondary N) is 1. The van der Waals surface area contributed by atoms with Crippen molar-refractivity contribution in [1.29, 1.82) is 0 Å². The molecule has 3 aromatic rings. The molecule has 1 amide bonds. The summed E-state index contributed by atoms with van der Waals surface area (Å²) in [6.45, 7) is 2.79. The van der Waals surface area contributed by atoms with Crippen molar-refractivity contribution in [2.45, 2.75) is 55.7 Å². The topological polar surface area (TPSA) is 163 Å². The number of hydrogen-bond donors (Lipinski definition) is 2. The Balaban J connectivity index is 1.80. The van der Waals surface area contributed by atoms with Crippen molar-refractivity contribution in [3.63, 3.8) is 0 Å². The Kier molecular flexibility index (Phi) is 11.4. The minimum Gasteiger partial charge on any atom is -0.494 e. The lowest BCUT2D eigenvalue weighted by Crippen LogP contribution is -2.49. The SMILES string of the molecule is CCCCNC(=O)[C@]1(CCS(=O)(=O)c2ccccc2)N=C(c2ccc(OCCCO)cc2)O[C@@H]1c1ccccc1CN=[N+]=[N-]. The fraction of sp³-hybridized carbons (Fsp3) is 0.375. The van der Waals surface area contributed by atoms with Gasteiger partial charge in [-0.05, 0) is 59.5 Å². The Morgan fingerprint density at radius 1 is 1.09 bits per heavy atom. The van der Waals surface area contributed by atoms with E-state index in [-0.39, 0.29) is 36.1 Å². The quantitative estimate of drug-likeness (QED) is 0.0957. The van der Waals surface area contributed by atoms with Gasteiger partial charge in [-0.15, -0.1) is 0 Å². The van der Waals surface area contributed by atoms with Crippen LogP contribution in [-0.2, 0) is 25.9 Å². The number of sulfone groups is 1. The molecule has 0 aromatic heterocycles. The Hall–Kier alpha value is -4.38. The molecule has 44 heavy (non-hydrogen) atoms. The molecule has 0 saturated heterocycles. The van der Waals surface area contributed by atoms with E-state index in [2.05, 4.69) is 15.3 Å². The van der Waals surface area contributed by atoms with E-state index in [0.29, 0.717) is 42.0 Å². The van der Waals surface area contributed by atoms with Crippen LogP contribution >= 0.6 is 0 Å². The normalized spacial score (nSPS) is 17.7. The molecule has 3 aromatic carbocycles. The summed E-state index contributed by atoms with van der Waals surface area (Å²) < 4.78 is 39.1. The van der Waals surface area contributed by atoms with Gasteiger partial charge in [-0.25, -0.2) is 13.4 Å². The number of nitrogens with zero attached hydrogens (tertiary/aromatic N) is 4. The third kappa shape index (κ3) is 7.76. The fourth-order valence-corrected chi connectivity index (χ4v) is 6.34. The van der Waals surface area contributed by atoms with Crippen LogP contribution in [0, 0.1) is 0 Å². The number of rotatable bonds is 16. The zero-order chi connectivity index (χ0) is 31.4. The molecule has 0 fully saturated rings. The lowest BCUT2D eigenvalue weighted by molar-refractivity contribution is -0.129. The number of unbranched alkanes of at least 4 members (excludes halogenated alkanes) is 1. The van der Waals surface area contributed by atoms with Crippen molar-refractivity contribution in [2.24, 2.45) is 10.1 Å². The van der Waals surface area contributed by atoms with E-state index in [1.54, 1.807) is 66.7 Å². The van der Waals surface area contributed by atoms with Gasteiger partial charge in [0.15, 0.2) is 21.5 Å². The first-order valence-electron chi connectivity index (χ1n) is 14.6. The van der Waals surface area contributed by atoms with Crippen molar-refractivity contribution in [3.8, 4) is 5.75 Å². The monoisotopic (exact) mass is 619 g/mol. The van der Waals surface area contributed by atoms with Gasteiger partial charge in [0.05, 0.1) is 23.8 Å². The third-order valence-electron chi connectivity index (χ3n) is 7.34. The first kappa shape index (κ1) is 32.5.